The van der Waals surface area contributed by atoms with Crippen LogP contribution in [0, 0.1) is 16.0 Å². The smallest absolute Gasteiger partial charge is 0.271 e. The Morgan fingerprint density at radius 3 is 2.61 bits per heavy atom. The molecule has 5 nitrogen and oxygen atoms in total. The Bertz CT molecular complexity index is 446. The van der Waals surface area contributed by atoms with Crippen LogP contribution < -0.4 is 4.74 Å². The van der Waals surface area contributed by atoms with E-state index in [1.807, 2.05) is 13.8 Å². The Kier molecular flexibility index (Phi) is 4.53. The van der Waals surface area contributed by atoms with Crippen LogP contribution in [0.5, 0.6) is 5.75 Å². The Hall–Kier alpha value is -1.33. The molecule has 0 fully saturated rings. The molecule has 0 saturated carbocycles. The molecule has 1 atom stereocenters. The van der Waals surface area contributed by atoms with Crippen molar-refractivity contribution >= 4 is 17.3 Å². The third kappa shape index (κ3) is 3.58. The minimum atomic E-state index is -0.981. The van der Waals surface area contributed by atoms with E-state index in [-0.39, 0.29) is 23.2 Å². The molecule has 0 aromatic heterocycles. The molecular formula is C12H16ClNO4. The topological polar surface area (TPSA) is 72.6 Å². The summed E-state index contributed by atoms with van der Waals surface area (Å²) in [6.45, 7) is 5.49. The highest BCUT2D eigenvalue weighted by atomic mass is 35.5. The summed E-state index contributed by atoms with van der Waals surface area (Å²) in [5.41, 5.74) is -1.08. The van der Waals surface area contributed by atoms with Crippen LogP contribution in [0.25, 0.3) is 0 Å². The van der Waals surface area contributed by atoms with Crippen molar-refractivity contribution in [3.63, 3.8) is 0 Å². The molecular weight excluding hydrogens is 258 g/mol. The van der Waals surface area contributed by atoms with Crippen molar-refractivity contribution in [2.75, 3.05) is 6.61 Å². The van der Waals surface area contributed by atoms with Gasteiger partial charge >= 0.3 is 0 Å². The molecule has 0 radical (unpaired) electrons. The van der Waals surface area contributed by atoms with Gasteiger partial charge in [0, 0.05) is 12.1 Å². The van der Waals surface area contributed by atoms with E-state index in [2.05, 4.69) is 0 Å². The van der Waals surface area contributed by atoms with Gasteiger partial charge in [0.1, 0.15) is 12.4 Å². The van der Waals surface area contributed by atoms with Crippen LogP contribution in [0.2, 0.25) is 5.02 Å². The Morgan fingerprint density at radius 2 is 2.17 bits per heavy atom. The average Bonchev–Trinajstić information content (AvgIpc) is 2.26. The zero-order valence-corrected chi connectivity index (χ0v) is 11.3. The van der Waals surface area contributed by atoms with Crippen LogP contribution in [0.4, 0.5) is 5.69 Å². The number of nitro benzene ring substituents is 1. The van der Waals surface area contributed by atoms with Crippen molar-refractivity contribution in [1.29, 1.82) is 0 Å². The maximum atomic E-state index is 10.5. The minimum Gasteiger partial charge on any atom is -0.489 e. The third-order valence-corrected chi connectivity index (χ3v) is 3.19. The molecule has 6 heteroatoms. The van der Waals surface area contributed by atoms with Crippen LogP contribution >= 0.6 is 11.6 Å². The number of benzene rings is 1. The van der Waals surface area contributed by atoms with E-state index in [9.17, 15) is 15.2 Å². The van der Waals surface area contributed by atoms with E-state index < -0.39 is 10.5 Å². The molecule has 18 heavy (non-hydrogen) atoms. The first kappa shape index (κ1) is 14.7. The second kappa shape index (κ2) is 5.54. The molecule has 1 unspecified atom stereocenters. The van der Waals surface area contributed by atoms with Gasteiger partial charge in [-0.15, -0.1) is 0 Å². The summed E-state index contributed by atoms with van der Waals surface area (Å²) in [4.78, 5) is 10.0. The van der Waals surface area contributed by atoms with Gasteiger partial charge in [0.25, 0.3) is 5.69 Å². The molecule has 0 heterocycles. The van der Waals surface area contributed by atoms with E-state index in [1.165, 1.54) is 18.2 Å². The first-order valence-corrected chi connectivity index (χ1v) is 5.91. The highest BCUT2D eigenvalue weighted by Crippen LogP contribution is 2.29. The van der Waals surface area contributed by atoms with Gasteiger partial charge < -0.3 is 9.84 Å². The van der Waals surface area contributed by atoms with Crippen LogP contribution in [-0.2, 0) is 0 Å². The van der Waals surface area contributed by atoms with Gasteiger partial charge in [0.2, 0.25) is 0 Å². The normalized spacial score (nSPS) is 14.3. The van der Waals surface area contributed by atoms with Gasteiger partial charge in [-0.1, -0.05) is 25.4 Å². The number of ether oxygens (including phenoxy) is 1. The minimum absolute atomic E-state index is 0.0225. The summed E-state index contributed by atoms with van der Waals surface area (Å²) in [7, 11) is 0. The van der Waals surface area contributed by atoms with Gasteiger partial charge in [-0.2, -0.15) is 0 Å². The average molecular weight is 274 g/mol. The number of hydrogen-bond donors (Lipinski definition) is 1. The molecule has 0 amide bonds. The third-order valence-electron chi connectivity index (χ3n) is 2.89. The first-order chi connectivity index (χ1) is 8.24. The lowest BCUT2D eigenvalue weighted by atomic mass is 9.94. The maximum absolute atomic E-state index is 10.5. The molecule has 0 saturated heterocycles. The summed E-state index contributed by atoms with van der Waals surface area (Å²) < 4.78 is 5.39. The predicted octanol–water partition coefficient (Wildman–Crippen LogP) is 3.03. The summed E-state index contributed by atoms with van der Waals surface area (Å²) in [6.07, 6.45) is 0. The number of rotatable bonds is 5. The SMILES string of the molecule is CC(C)C(C)(O)COc1ccc([N+](=O)[O-])cc1Cl. The van der Waals surface area contributed by atoms with Gasteiger partial charge in [-0.05, 0) is 18.9 Å². The van der Waals surface area contributed by atoms with Crippen molar-refractivity contribution in [3.8, 4) is 5.75 Å². The van der Waals surface area contributed by atoms with Crippen molar-refractivity contribution in [2.24, 2.45) is 5.92 Å². The van der Waals surface area contributed by atoms with Crippen molar-refractivity contribution < 1.29 is 14.8 Å². The molecule has 0 bridgehead atoms. The molecule has 1 aromatic rings. The van der Waals surface area contributed by atoms with Crippen molar-refractivity contribution in [3.05, 3.63) is 33.3 Å². The fraction of sp³-hybridized carbons (Fsp3) is 0.500. The number of non-ortho nitro benzene ring substituents is 1. The molecule has 0 spiro atoms. The summed E-state index contributed by atoms with van der Waals surface area (Å²) in [6, 6.07) is 3.96. The second-order valence-electron chi connectivity index (χ2n) is 4.67. The number of nitro groups is 1. The molecule has 0 aliphatic heterocycles. The van der Waals surface area contributed by atoms with Crippen molar-refractivity contribution in [2.45, 2.75) is 26.4 Å². The first-order valence-electron chi connectivity index (χ1n) is 5.53. The molecule has 0 aliphatic rings. The number of nitrogens with zero attached hydrogens (tertiary/aromatic N) is 1. The quantitative estimate of drug-likeness (QED) is 0.661. The summed E-state index contributed by atoms with van der Waals surface area (Å²) >= 11 is 5.87. The Balaban J connectivity index is 2.78. The van der Waals surface area contributed by atoms with Crippen LogP contribution in [0.3, 0.4) is 0 Å². The lowest BCUT2D eigenvalue weighted by molar-refractivity contribution is -0.384. The predicted molar refractivity (Wildman–Crippen MR) is 69.1 cm³/mol. The fourth-order valence-electron chi connectivity index (χ4n) is 1.11. The molecule has 100 valence electrons. The molecule has 1 N–H and O–H groups in total. The van der Waals surface area contributed by atoms with Crippen molar-refractivity contribution in [1.82, 2.24) is 0 Å². The van der Waals surface area contributed by atoms with E-state index in [1.54, 1.807) is 6.92 Å². The molecule has 1 aromatic carbocycles. The standard InChI is InChI=1S/C12H16ClNO4/c1-8(2)12(3,15)7-18-11-5-4-9(14(16)17)6-10(11)13/h4-6,8,15H,7H2,1-3H3. The van der Waals surface area contributed by atoms with Gasteiger partial charge in [-0.3, -0.25) is 10.1 Å². The van der Waals surface area contributed by atoms with Crippen LogP contribution in [0.1, 0.15) is 20.8 Å². The lowest BCUT2D eigenvalue weighted by Gasteiger charge is -2.27. The van der Waals surface area contributed by atoms with Gasteiger partial charge in [0.05, 0.1) is 15.5 Å². The largest absolute Gasteiger partial charge is 0.489 e. The maximum Gasteiger partial charge on any atom is 0.271 e. The van der Waals surface area contributed by atoms with E-state index in [0.717, 1.165) is 0 Å². The van der Waals surface area contributed by atoms with Gasteiger partial charge in [-0.25, -0.2) is 0 Å². The van der Waals surface area contributed by atoms with E-state index >= 15 is 0 Å². The Morgan fingerprint density at radius 1 is 1.56 bits per heavy atom. The van der Waals surface area contributed by atoms with Crippen LogP contribution in [0.15, 0.2) is 18.2 Å². The van der Waals surface area contributed by atoms with E-state index in [0.29, 0.717) is 5.75 Å². The van der Waals surface area contributed by atoms with Crippen LogP contribution in [-0.4, -0.2) is 22.2 Å². The lowest BCUT2D eigenvalue weighted by Crippen LogP contribution is -2.37. The summed E-state index contributed by atoms with van der Waals surface area (Å²) in [5, 5.41) is 20.7. The molecule has 1 rings (SSSR count). The second-order valence-corrected chi connectivity index (χ2v) is 5.08. The zero-order valence-electron chi connectivity index (χ0n) is 10.5. The zero-order chi connectivity index (χ0) is 13.9. The van der Waals surface area contributed by atoms with E-state index in [4.69, 9.17) is 16.3 Å². The highest BCUT2D eigenvalue weighted by molar-refractivity contribution is 6.32. The number of hydrogen-bond acceptors (Lipinski definition) is 4. The van der Waals surface area contributed by atoms with Gasteiger partial charge in [0.15, 0.2) is 0 Å². The summed E-state index contributed by atoms with van der Waals surface area (Å²) in [5.74, 6) is 0.345. The monoisotopic (exact) mass is 273 g/mol. The molecule has 0 aliphatic carbocycles. The Labute approximate surface area is 110 Å². The number of aliphatic hydroxyl groups is 1. The number of halogens is 1. The fourth-order valence-corrected chi connectivity index (χ4v) is 1.34. The highest BCUT2D eigenvalue weighted by Gasteiger charge is 2.26.